The van der Waals surface area contributed by atoms with Gasteiger partial charge in [0.05, 0.1) is 0 Å². The second-order valence-corrected chi connectivity index (χ2v) is 3.54. The summed E-state index contributed by atoms with van der Waals surface area (Å²) in [6, 6.07) is 0. The summed E-state index contributed by atoms with van der Waals surface area (Å²) < 4.78 is 0. The van der Waals surface area contributed by atoms with Gasteiger partial charge in [-0.1, -0.05) is 13.3 Å². The summed E-state index contributed by atoms with van der Waals surface area (Å²) in [4.78, 5) is 12.6. The zero-order valence-electron chi connectivity index (χ0n) is 7.84. The van der Waals surface area contributed by atoms with Crippen molar-refractivity contribution in [3.05, 3.63) is 0 Å². The Labute approximate surface area is 73.4 Å². The highest BCUT2D eigenvalue weighted by Gasteiger charge is 2.40. The van der Waals surface area contributed by atoms with Crippen molar-refractivity contribution in [2.45, 2.75) is 44.8 Å². The minimum absolute atomic E-state index is 0.0635. The summed E-state index contributed by atoms with van der Waals surface area (Å²) in [7, 11) is 1.69. The number of nitrogens with zero attached hydrogens (tertiary/aromatic N) is 1. The van der Waals surface area contributed by atoms with Crippen molar-refractivity contribution in [1.29, 1.82) is 0 Å². The molecule has 0 saturated carbocycles. The molecule has 1 unspecified atom stereocenters. The van der Waals surface area contributed by atoms with Crippen LogP contribution in [0.25, 0.3) is 0 Å². The molecule has 3 nitrogen and oxygen atoms in total. The minimum atomic E-state index is -0.840. The normalized spacial score (nSPS) is 29.9. The number of hydrogen-bond donors (Lipinski definition) is 1. The molecule has 1 aliphatic heterocycles. The number of carbonyl (C=O) groups is 1. The van der Waals surface area contributed by atoms with Gasteiger partial charge in [-0.2, -0.15) is 0 Å². The number of aliphatic hydroxyl groups is 1. The van der Waals surface area contributed by atoms with E-state index in [1.165, 1.54) is 4.90 Å². The van der Waals surface area contributed by atoms with E-state index in [0.717, 1.165) is 12.8 Å². The Bertz CT molecular complexity index is 181. The molecule has 1 atom stereocenters. The number of hydrogen-bond acceptors (Lipinski definition) is 2. The fourth-order valence-corrected chi connectivity index (χ4v) is 1.63. The molecular weight excluding hydrogens is 154 g/mol. The molecule has 70 valence electrons. The zero-order chi connectivity index (χ0) is 9.19. The van der Waals surface area contributed by atoms with Gasteiger partial charge in [0.2, 0.25) is 5.91 Å². The van der Waals surface area contributed by atoms with Gasteiger partial charge in [-0.15, -0.1) is 0 Å². The molecule has 1 rings (SSSR count). The van der Waals surface area contributed by atoms with E-state index < -0.39 is 5.72 Å². The Balaban J connectivity index is 2.53. The van der Waals surface area contributed by atoms with Crippen molar-refractivity contribution < 1.29 is 9.90 Å². The van der Waals surface area contributed by atoms with Crippen LogP contribution < -0.4 is 0 Å². The van der Waals surface area contributed by atoms with E-state index in [4.69, 9.17) is 0 Å². The fraction of sp³-hybridized carbons (Fsp3) is 0.889. The Morgan fingerprint density at radius 2 is 2.33 bits per heavy atom. The Kier molecular flexibility index (Phi) is 2.73. The van der Waals surface area contributed by atoms with E-state index in [9.17, 15) is 9.90 Å². The Morgan fingerprint density at radius 3 is 2.75 bits per heavy atom. The molecule has 1 amide bonds. The van der Waals surface area contributed by atoms with Crippen LogP contribution in [0.15, 0.2) is 0 Å². The standard InChI is InChI=1S/C9H17NO2/c1-3-4-6-9(12)7-5-8(11)10(9)2/h12H,3-7H2,1-2H3. The molecule has 0 aliphatic carbocycles. The number of likely N-dealkylation sites (tertiary alicyclic amines) is 1. The molecule has 3 heteroatoms. The molecule has 0 aromatic carbocycles. The largest absolute Gasteiger partial charge is 0.371 e. The average molecular weight is 171 g/mol. The van der Waals surface area contributed by atoms with Crippen molar-refractivity contribution in [1.82, 2.24) is 4.90 Å². The van der Waals surface area contributed by atoms with Crippen LogP contribution in [-0.2, 0) is 4.79 Å². The van der Waals surface area contributed by atoms with Gasteiger partial charge >= 0.3 is 0 Å². The number of carbonyl (C=O) groups excluding carboxylic acids is 1. The van der Waals surface area contributed by atoms with Crippen LogP contribution in [0, 0.1) is 0 Å². The van der Waals surface area contributed by atoms with Crippen molar-refractivity contribution in [2.75, 3.05) is 7.05 Å². The summed E-state index contributed by atoms with van der Waals surface area (Å²) in [5, 5.41) is 9.97. The summed E-state index contributed by atoms with van der Waals surface area (Å²) >= 11 is 0. The highest BCUT2D eigenvalue weighted by Crippen LogP contribution is 2.30. The van der Waals surface area contributed by atoms with E-state index in [0.29, 0.717) is 19.3 Å². The predicted octanol–water partition coefficient (Wildman–Crippen LogP) is 1.12. The molecular formula is C9H17NO2. The van der Waals surface area contributed by atoms with Crippen LogP contribution in [0.3, 0.4) is 0 Å². The molecule has 1 N–H and O–H groups in total. The molecule has 12 heavy (non-hydrogen) atoms. The molecule has 1 aliphatic rings. The topological polar surface area (TPSA) is 40.5 Å². The zero-order valence-corrected chi connectivity index (χ0v) is 7.84. The van der Waals surface area contributed by atoms with Crippen LogP contribution in [0.5, 0.6) is 0 Å². The second kappa shape index (κ2) is 3.44. The van der Waals surface area contributed by atoms with Crippen LogP contribution in [-0.4, -0.2) is 28.7 Å². The van der Waals surface area contributed by atoms with E-state index in [1.54, 1.807) is 7.05 Å². The van der Waals surface area contributed by atoms with Gasteiger partial charge in [0.1, 0.15) is 5.72 Å². The van der Waals surface area contributed by atoms with Crippen LogP contribution in [0.2, 0.25) is 0 Å². The molecule has 1 heterocycles. The first-order valence-corrected chi connectivity index (χ1v) is 4.59. The van der Waals surface area contributed by atoms with E-state index in [2.05, 4.69) is 6.92 Å². The van der Waals surface area contributed by atoms with Gasteiger partial charge in [-0.25, -0.2) is 0 Å². The van der Waals surface area contributed by atoms with Crippen LogP contribution >= 0.6 is 0 Å². The SMILES string of the molecule is CCCCC1(O)CCC(=O)N1C. The molecule has 0 aromatic rings. The summed E-state index contributed by atoms with van der Waals surface area (Å²) in [6.45, 7) is 2.08. The first-order chi connectivity index (χ1) is 5.60. The van der Waals surface area contributed by atoms with Gasteiger partial charge in [-0.05, 0) is 12.8 Å². The fourth-order valence-electron chi connectivity index (χ4n) is 1.63. The highest BCUT2D eigenvalue weighted by molar-refractivity contribution is 5.78. The lowest BCUT2D eigenvalue weighted by Gasteiger charge is -2.30. The third-order valence-corrected chi connectivity index (χ3v) is 2.67. The number of rotatable bonds is 3. The average Bonchev–Trinajstić information content (AvgIpc) is 2.31. The van der Waals surface area contributed by atoms with Crippen molar-refractivity contribution in [2.24, 2.45) is 0 Å². The quantitative estimate of drug-likeness (QED) is 0.691. The summed E-state index contributed by atoms with van der Waals surface area (Å²) in [5.74, 6) is 0.0635. The van der Waals surface area contributed by atoms with E-state index >= 15 is 0 Å². The highest BCUT2D eigenvalue weighted by atomic mass is 16.3. The van der Waals surface area contributed by atoms with Crippen molar-refractivity contribution in [3.8, 4) is 0 Å². The van der Waals surface area contributed by atoms with Gasteiger partial charge < -0.3 is 10.0 Å². The third kappa shape index (κ3) is 1.61. The first kappa shape index (κ1) is 9.52. The molecule has 1 fully saturated rings. The number of unbranched alkanes of at least 4 members (excludes halogenated alkanes) is 1. The van der Waals surface area contributed by atoms with Gasteiger partial charge in [-0.3, -0.25) is 4.79 Å². The third-order valence-electron chi connectivity index (χ3n) is 2.67. The molecule has 0 bridgehead atoms. The molecule has 1 saturated heterocycles. The molecule has 0 spiro atoms. The van der Waals surface area contributed by atoms with Gasteiger partial charge in [0.25, 0.3) is 0 Å². The maximum atomic E-state index is 11.1. The maximum Gasteiger partial charge on any atom is 0.224 e. The minimum Gasteiger partial charge on any atom is -0.371 e. The van der Waals surface area contributed by atoms with Crippen LogP contribution in [0.4, 0.5) is 0 Å². The maximum absolute atomic E-state index is 11.1. The summed E-state index contributed by atoms with van der Waals surface area (Å²) in [5.41, 5.74) is -0.840. The van der Waals surface area contributed by atoms with Gasteiger partial charge in [0.15, 0.2) is 0 Å². The second-order valence-electron chi connectivity index (χ2n) is 3.54. The van der Waals surface area contributed by atoms with E-state index in [1.807, 2.05) is 0 Å². The lowest BCUT2D eigenvalue weighted by molar-refractivity contribution is -0.142. The van der Waals surface area contributed by atoms with Crippen molar-refractivity contribution in [3.63, 3.8) is 0 Å². The lowest BCUT2D eigenvalue weighted by Crippen LogP contribution is -2.42. The lowest BCUT2D eigenvalue weighted by atomic mass is 10.0. The van der Waals surface area contributed by atoms with Gasteiger partial charge in [0, 0.05) is 19.9 Å². The number of amides is 1. The molecule has 0 radical (unpaired) electrons. The smallest absolute Gasteiger partial charge is 0.224 e. The van der Waals surface area contributed by atoms with E-state index in [-0.39, 0.29) is 5.91 Å². The van der Waals surface area contributed by atoms with Crippen LogP contribution in [0.1, 0.15) is 39.0 Å². The Morgan fingerprint density at radius 1 is 1.67 bits per heavy atom. The van der Waals surface area contributed by atoms with Crippen molar-refractivity contribution >= 4 is 5.91 Å². The Hall–Kier alpha value is -0.570. The molecule has 0 aromatic heterocycles. The summed E-state index contributed by atoms with van der Waals surface area (Å²) in [6.07, 6.45) is 3.85. The predicted molar refractivity (Wildman–Crippen MR) is 46.5 cm³/mol. The first-order valence-electron chi connectivity index (χ1n) is 4.59. The monoisotopic (exact) mass is 171 g/mol.